The summed E-state index contributed by atoms with van der Waals surface area (Å²) in [5.41, 5.74) is 6.30. The normalized spacial score (nSPS) is 25.4. The summed E-state index contributed by atoms with van der Waals surface area (Å²) >= 11 is 2.42. The van der Waals surface area contributed by atoms with Gasteiger partial charge in [-0.3, -0.25) is 4.90 Å². The number of alkyl halides is 1. The molecule has 1 aliphatic rings. The zero-order chi connectivity index (χ0) is 8.32. The first-order valence-electron chi connectivity index (χ1n) is 4.27. The highest BCUT2D eigenvalue weighted by atomic mass is 127. The lowest BCUT2D eigenvalue weighted by molar-refractivity contribution is 0.183. The van der Waals surface area contributed by atoms with Crippen molar-refractivity contribution < 1.29 is 0 Å². The molecule has 0 aromatic rings. The number of hydrogen-bond acceptors (Lipinski definition) is 2. The Hall–Kier alpha value is 0.650. The predicted molar refractivity (Wildman–Crippen MR) is 56.9 cm³/mol. The van der Waals surface area contributed by atoms with Gasteiger partial charge in [-0.05, 0) is 19.3 Å². The second-order valence-electron chi connectivity index (χ2n) is 3.45. The van der Waals surface area contributed by atoms with Crippen molar-refractivity contribution in [2.75, 3.05) is 17.6 Å². The van der Waals surface area contributed by atoms with E-state index >= 15 is 0 Å². The van der Waals surface area contributed by atoms with E-state index in [-0.39, 0.29) is 5.54 Å². The molecule has 2 nitrogen and oxygen atoms in total. The van der Waals surface area contributed by atoms with E-state index in [1.165, 1.54) is 25.9 Å². The Morgan fingerprint density at radius 2 is 2.00 bits per heavy atom. The highest BCUT2D eigenvalue weighted by Gasteiger charge is 2.27. The van der Waals surface area contributed by atoms with Crippen LogP contribution >= 0.6 is 22.6 Å². The monoisotopic (exact) mass is 268 g/mol. The first kappa shape index (κ1) is 9.74. The summed E-state index contributed by atoms with van der Waals surface area (Å²) in [6.07, 6.45) is 3.47. The fourth-order valence-corrected chi connectivity index (χ4v) is 2.15. The minimum atomic E-state index is 0.155. The molecule has 0 aromatic heterocycles. The van der Waals surface area contributed by atoms with E-state index in [0.717, 1.165) is 11.0 Å². The Balaban J connectivity index is 2.35. The lowest BCUT2D eigenvalue weighted by Gasteiger charge is -2.37. The summed E-state index contributed by atoms with van der Waals surface area (Å²) in [6, 6.07) is 0. The maximum absolute atomic E-state index is 6.15. The van der Waals surface area contributed by atoms with Crippen molar-refractivity contribution in [3.8, 4) is 0 Å². The third-order valence-electron chi connectivity index (χ3n) is 2.72. The second kappa shape index (κ2) is 4.05. The molecule has 1 aliphatic heterocycles. The van der Waals surface area contributed by atoms with Crippen LogP contribution in [0.1, 0.15) is 26.2 Å². The van der Waals surface area contributed by atoms with Crippen LogP contribution in [0.25, 0.3) is 0 Å². The van der Waals surface area contributed by atoms with Gasteiger partial charge in [0.1, 0.15) is 0 Å². The molecule has 2 N–H and O–H groups in total. The number of piperidine rings is 1. The highest BCUT2D eigenvalue weighted by molar-refractivity contribution is 14.1. The molecule has 11 heavy (non-hydrogen) atoms. The molecular weight excluding hydrogens is 251 g/mol. The Labute approximate surface area is 82.6 Å². The Morgan fingerprint density at radius 3 is 2.36 bits per heavy atom. The summed E-state index contributed by atoms with van der Waals surface area (Å²) in [7, 11) is 0. The standard InChI is InChI=1S/C8H17IN2/c1-2-8(10)3-5-11(7-9)6-4-8/h2-7,10H2,1H3. The van der Waals surface area contributed by atoms with Gasteiger partial charge in [-0.1, -0.05) is 29.5 Å². The van der Waals surface area contributed by atoms with Crippen molar-refractivity contribution in [3.05, 3.63) is 0 Å². The van der Waals surface area contributed by atoms with Gasteiger partial charge in [-0.2, -0.15) is 0 Å². The number of nitrogens with two attached hydrogens (primary N) is 1. The first-order valence-corrected chi connectivity index (χ1v) is 5.80. The topological polar surface area (TPSA) is 29.3 Å². The van der Waals surface area contributed by atoms with Gasteiger partial charge in [0, 0.05) is 18.6 Å². The van der Waals surface area contributed by atoms with Crippen molar-refractivity contribution in [3.63, 3.8) is 0 Å². The van der Waals surface area contributed by atoms with Gasteiger partial charge < -0.3 is 5.73 Å². The van der Waals surface area contributed by atoms with Gasteiger partial charge >= 0.3 is 0 Å². The van der Waals surface area contributed by atoms with Gasteiger partial charge in [0.15, 0.2) is 0 Å². The smallest absolute Gasteiger partial charge is 0.0505 e. The van der Waals surface area contributed by atoms with Gasteiger partial charge in [-0.15, -0.1) is 0 Å². The summed E-state index contributed by atoms with van der Waals surface area (Å²) < 4.78 is 1.15. The third-order valence-corrected chi connectivity index (χ3v) is 3.69. The van der Waals surface area contributed by atoms with Gasteiger partial charge in [-0.25, -0.2) is 0 Å². The summed E-state index contributed by atoms with van der Waals surface area (Å²) in [6.45, 7) is 4.57. The minimum absolute atomic E-state index is 0.155. The second-order valence-corrected chi connectivity index (χ2v) is 4.14. The molecule has 1 rings (SSSR count). The summed E-state index contributed by atoms with van der Waals surface area (Å²) in [5, 5.41) is 0. The van der Waals surface area contributed by atoms with Crippen LogP contribution in [0.2, 0.25) is 0 Å². The zero-order valence-electron chi connectivity index (χ0n) is 7.15. The average molecular weight is 268 g/mol. The molecule has 0 aliphatic carbocycles. The van der Waals surface area contributed by atoms with Crippen molar-refractivity contribution in [1.29, 1.82) is 0 Å². The van der Waals surface area contributed by atoms with Crippen molar-refractivity contribution in [2.45, 2.75) is 31.7 Å². The number of hydrogen-bond donors (Lipinski definition) is 1. The van der Waals surface area contributed by atoms with E-state index in [1.54, 1.807) is 0 Å². The molecule has 0 aromatic carbocycles. The quantitative estimate of drug-likeness (QED) is 0.468. The third kappa shape index (κ3) is 2.56. The average Bonchev–Trinajstić information content (AvgIpc) is 2.06. The molecule has 0 unspecified atom stereocenters. The number of rotatable bonds is 2. The molecule has 1 fully saturated rings. The zero-order valence-corrected chi connectivity index (χ0v) is 9.30. The van der Waals surface area contributed by atoms with Crippen LogP contribution in [0, 0.1) is 0 Å². The fourth-order valence-electron chi connectivity index (χ4n) is 1.47. The molecule has 0 spiro atoms. The largest absolute Gasteiger partial charge is 0.325 e. The van der Waals surface area contributed by atoms with Gasteiger partial charge in [0.25, 0.3) is 0 Å². The van der Waals surface area contributed by atoms with Crippen molar-refractivity contribution in [2.24, 2.45) is 5.73 Å². The van der Waals surface area contributed by atoms with E-state index in [4.69, 9.17) is 5.73 Å². The molecule has 0 radical (unpaired) electrons. The first-order chi connectivity index (χ1) is 5.20. The maximum atomic E-state index is 6.15. The van der Waals surface area contributed by atoms with Crippen LogP contribution in [0.3, 0.4) is 0 Å². The highest BCUT2D eigenvalue weighted by Crippen LogP contribution is 2.22. The summed E-state index contributed by atoms with van der Waals surface area (Å²) in [5.74, 6) is 0. The predicted octanol–water partition coefficient (Wildman–Crippen LogP) is 1.58. The molecule has 1 saturated heterocycles. The van der Waals surface area contributed by atoms with Crippen molar-refractivity contribution in [1.82, 2.24) is 4.90 Å². The molecule has 0 atom stereocenters. The van der Waals surface area contributed by atoms with E-state index in [2.05, 4.69) is 34.4 Å². The van der Waals surface area contributed by atoms with E-state index in [9.17, 15) is 0 Å². The van der Waals surface area contributed by atoms with Crippen LogP contribution in [-0.4, -0.2) is 28.1 Å². The van der Waals surface area contributed by atoms with E-state index in [0.29, 0.717) is 0 Å². The lowest BCUT2D eigenvalue weighted by Crippen LogP contribution is -2.49. The van der Waals surface area contributed by atoms with Gasteiger partial charge in [0.05, 0.1) is 4.55 Å². The Bertz CT molecular complexity index is 119. The SMILES string of the molecule is CCC1(N)CCN(CI)CC1. The van der Waals surface area contributed by atoms with Crippen LogP contribution in [0.4, 0.5) is 0 Å². The van der Waals surface area contributed by atoms with E-state index in [1.807, 2.05) is 0 Å². The molecule has 0 saturated carbocycles. The lowest BCUT2D eigenvalue weighted by atomic mass is 9.86. The Kier molecular flexibility index (Phi) is 3.58. The molecule has 3 heteroatoms. The van der Waals surface area contributed by atoms with Crippen LogP contribution in [0.5, 0.6) is 0 Å². The van der Waals surface area contributed by atoms with Crippen LogP contribution in [-0.2, 0) is 0 Å². The summed E-state index contributed by atoms with van der Waals surface area (Å²) in [4.78, 5) is 2.46. The molecule has 0 bridgehead atoms. The molecule has 0 amide bonds. The van der Waals surface area contributed by atoms with E-state index < -0.39 is 0 Å². The number of halogens is 1. The molecular formula is C8H17IN2. The maximum Gasteiger partial charge on any atom is 0.0505 e. The van der Waals surface area contributed by atoms with Crippen LogP contribution < -0.4 is 5.73 Å². The van der Waals surface area contributed by atoms with Crippen molar-refractivity contribution >= 4 is 22.6 Å². The molecule has 66 valence electrons. The fraction of sp³-hybridized carbons (Fsp3) is 1.00. The number of likely N-dealkylation sites (tertiary alicyclic amines) is 1. The van der Waals surface area contributed by atoms with Gasteiger partial charge in [0.2, 0.25) is 0 Å². The Morgan fingerprint density at radius 1 is 1.45 bits per heavy atom. The van der Waals surface area contributed by atoms with Crippen LogP contribution in [0.15, 0.2) is 0 Å². The molecule has 1 heterocycles. The minimum Gasteiger partial charge on any atom is -0.325 e. The number of nitrogens with zero attached hydrogens (tertiary/aromatic N) is 1.